The number of benzene rings is 1. The summed E-state index contributed by atoms with van der Waals surface area (Å²) in [5.41, 5.74) is 1.54. The number of nitrogens with one attached hydrogen (secondary N) is 2. The summed E-state index contributed by atoms with van der Waals surface area (Å²) in [4.78, 5) is 4.27. The van der Waals surface area contributed by atoms with Crippen LogP contribution in [0.1, 0.15) is 31.7 Å². The summed E-state index contributed by atoms with van der Waals surface area (Å²) in [7, 11) is 0.273. The van der Waals surface area contributed by atoms with E-state index < -0.39 is 10.0 Å². The van der Waals surface area contributed by atoms with Gasteiger partial charge in [-0.15, -0.1) is 24.0 Å². The topological polar surface area (TPSA) is 73.8 Å². The molecule has 0 atom stereocenters. The summed E-state index contributed by atoms with van der Waals surface area (Å²) in [5.74, 6) is 0.893. The zero-order valence-electron chi connectivity index (χ0n) is 16.2. The largest absolute Gasteiger partial charge is 0.356 e. The van der Waals surface area contributed by atoms with Crippen molar-refractivity contribution in [1.29, 1.82) is 0 Å². The Hall–Kier alpha value is -0.390. The molecular formula is C18H30BrIN4O2S. The summed E-state index contributed by atoms with van der Waals surface area (Å²) >= 11 is 3.55. The molecule has 1 aromatic carbocycles. The van der Waals surface area contributed by atoms with Crippen LogP contribution in [0.2, 0.25) is 0 Å². The molecule has 6 nitrogen and oxygen atoms in total. The fourth-order valence-electron chi connectivity index (χ4n) is 2.88. The molecule has 2 rings (SSSR count). The van der Waals surface area contributed by atoms with E-state index in [2.05, 4.69) is 49.8 Å². The fourth-order valence-corrected chi connectivity index (χ4v) is 4.13. The second-order valence-corrected chi connectivity index (χ2v) is 10.00. The molecule has 0 amide bonds. The summed E-state index contributed by atoms with van der Waals surface area (Å²) in [6.45, 7) is 3.68. The van der Waals surface area contributed by atoms with Crippen LogP contribution < -0.4 is 10.6 Å². The van der Waals surface area contributed by atoms with Gasteiger partial charge in [-0.3, -0.25) is 4.99 Å². The van der Waals surface area contributed by atoms with Crippen LogP contribution in [0.5, 0.6) is 0 Å². The first-order valence-electron chi connectivity index (χ1n) is 8.97. The monoisotopic (exact) mass is 572 g/mol. The Labute approximate surface area is 188 Å². The second kappa shape index (κ2) is 11.0. The first kappa shape index (κ1) is 24.6. The molecule has 0 heterocycles. The van der Waals surface area contributed by atoms with Crippen LogP contribution in [0, 0.1) is 0 Å². The van der Waals surface area contributed by atoms with E-state index in [-0.39, 0.29) is 35.1 Å². The molecule has 0 radical (unpaired) electrons. The van der Waals surface area contributed by atoms with Crippen molar-refractivity contribution in [2.24, 2.45) is 4.99 Å². The smallest absolute Gasteiger partial charge is 0.213 e. The quantitative estimate of drug-likeness (QED) is 0.206. The zero-order chi connectivity index (χ0) is 19.2. The molecule has 0 spiro atoms. The number of halogens is 2. The van der Waals surface area contributed by atoms with Crippen LogP contribution >= 0.6 is 39.9 Å². The number of sulfonamides is 1. The number of aliphatic imine (C=N–C) groups is 1. The van der Waals surface area contributed by atoms with Gasteiger partial charge in [0.2, 0.25) is 10.0 Å². The Kier molecular flexibility index (Phi) is 10.0. The Morgan fingerprint density at radius 1 is 1.33 bits per heavy atom. The zero-order valence-corrected chi connectivity index (χ0v) is 20.9. The second-order valence-electron chi connectivity index (χ2n) is 6.72. The molecular weight excluding hydrogens is 543 g/mol. The predicted molar refractivity (Wildman–Crippen MR) is 127 cm³/mol. The van der Waals surface area contributed by atoms with Gasteiger partial charge in [0.05, 0.1) is 5.75 Å². The van der Waals surface area contributed by atoms with E-state index in [1.54, 1.807) is 21.0 Å². The summed E-state index contributed by atoms with van der Waals surface area (Å²) in [5, 5.41) is 6.68. The molecule has 1 aliphatic carbocycles. The summed E-state index contributed by atoms with van der Waals surface area (Å²) in [6.07, 6.45) is 3.08. The molecule has 27 heavy (non-hydrogen) atoms. The summed E-state index contributed by atoms with van der Waals surface area (Å²) < 4.78 is 26.0. The van der Waals surface area contributed by atoms with E-state index in [0.717, 1.165) is 23.4 Å². The van der Waals surface area contributed by atoms with Crippen molar-refractivity contribution in [2.45, 2.75) is 31.6 Å². The molecule has 0 saturated heterocycles. The fraction of sp³-hybridized carbons (Fsp3) is 0.611. The minimum atomic E-state index is -3.10. The van der Waals surface area contributed by atoms with Crippen LogP contribution in [0.15, 0.2) is 33.7 Å². The molecule has 1 saturated carbocycles. The Morgan fingerprint density at radius 3 is 2.59 bits per heavy atom. The molecule has 1 aromatic rings. The van der Waals surface area contributed by atoms with Crippen LogP contribution in [-0.2, 0) is 15.4 Å². The SMILES string of the molecule is CCS(=O)(=O)N(C)CCCNC(=NC)NCC1(c2cccc(Br)c2)CC1.I. The van der Waals surface area contributed by atoms with Crippen molar-refractivity contribution in [3.8, 4) is 0 Å². The molecule has 154 valence electrons. The molecule has 9 heteroatoms. The number of rotatable bonds is 9. The third kappa shape index (κ3) is 7.17. The maximum atomic E-state index is 11.7. The lowest BCUT2D eigenvalue weighted by atomic mass is 9.96. The highest BCUT2D eigenvalue weighted by Crippen LogP contribution is 2.48. The molecule has 1 aliphatic rings. The lowest BCUT2D eigenvalue weighted by molar-refractivity contribution is 0.461. The Bertz CT molecular complexity index is 739. The van der Waals surface area contributed by atoms with Crippen molar-refractivity contribution in [1.82, 2.24) is 14.9 Å². The summed E-state index contributed by atoms with van der Waals surface area (Å²) in [6, 6.07) is 8.49. The van der Waals surface area contributed by atoms with Gasteiger partial charge in [-0.25, -0.2) is 12.7 Å². The van der Waals surface area contributed by atoms with Crippen LogP contribution in [0.25, 0.3) is 0 Å². The van der Waals surface area contributed by atoms with Crippen molar-refractivity contribution < 1.29 is 8.42 Å². The molecule has 0 aliphatic heterocycles. The van der Waals surface area contributed by atoms with Gasteiger partial charge in [0.1, 0.15) is 0 Å². The first-order chi connectivity index (χ1) is 12.3. The number of hydrogen-bond donors (Lipinski definition) is 2. The lowest BCUT2D eigenvalue weighted by Crippen LogP contribution is -2.42. The molecule has 1 fully saturated rings. The van der Waals surface area contributed by atoms with Gasteiger partial charge in [-0.1, -0.05) is 28.1 Å². The standard InChI is InChI=1S/C18H29BrN4O2S.HI/c1-4-26(24,25)23(3)12-6-11-21-17(20-2)22-14-18(9-10-18)15-7-5-8-16(19)13-15;/h5,7-8,13H,4,6,9-12,14H2,1-3H3,(H2,20,21,22);1H. The highest BCUT2D eigenvalue weighted by atomic mass is 127. The normalized spacial score (nSPS) is 16.0. The molecule has 2 N–H and O–H groups in total. The van der Waals surface area contributed by atoms with Gasteiger partial charge in [0, 0.05) is 43.6 Å². The minimum Gasteiger partial charge on any atom is -0.356 e. The van der Waals surface area contributed by atoms with Crippen LogP contribution in [0.4, 0.5) is 0 Å². The average Bonchev–Trinajstić information content (AvgIpc) is 3.42. The molecule has 0 unspecified atom stereocenters. The third-order valence-corrected chi connectivity index (χ3v) is 7.25. The number of guanidine groups is 1. The number of nitrogens with zero attached hydrogens (tertiary/aromatic N) is 2. The van der Waals surface area contributed by atoms with E-state index in [0.29, 0.717) is 13.1 Å². The van der Waals surface area contributed by atoms with Crippen molar-refractivity contribution in [2.75, 3.05) is 39.5 Å². The van der Waals surface area contributed by atoms with Crippen molar-refractivity contribution >= 4 is 55.9 Å². The van der Waals surface area contributed by atoms with Crippen LogP contribution in [0.3, 0.4) is 0 Å². The third-order valence-electron chi connectivity index (χ3n) is 4.89. The van der Waals surface area contributed by atoms with Crippen molar-refractivity contribution in [3.05, 3.63) is 34.3 Å². The minimum absolute atomic E-state index is 0. The van der Waals surface area contributed by atoms with E-state index in [1.165, 1.54) is 22.7 Å². The van der Waals surface area contributed by atoms with Gasteiger partial charge in [-0.05, 0) is 43.9 Å². The Balaban J connectivity index is 0.00000364. The average molecular weight is 573 g/mol. The van der Waals surface area contributed by atoms with Gasteiger partial charge < -0.3 is 10.6 Å². The molecule has 0 bridgehead atoms. The Morgan fingerprint density at radius 2 is 2.04 bits per heavy atom. The highest BCUT2D eigenvalue weighted by molar-refractivity contribution is 14.0. The lowest BCUT2D eigenvalue weighted by Gasteiger charge is -2.20. The van der Waals surface area contributed by atoms with Gasteiger partial charge in [0.25, 0.3) is 0 Å². The predicted octanol–water partition coefficient (Wildman–Crippen LogP) is 2.94. The van der Waals surface area contributed by atoms with E-state index in [4.69, 9.17) is 0 Å². The van der Waals surface area contributed by atoms with E-state index in [9.17, 15) is 8.42 Å². The van der Waals surface area contributed by atoms with Gasteiger partial charge >= 0.3 is 0 Å². The van der Waals surface area contributed by atoms with E-state index in [1.807, 2.05) is 6.07 Å². The van der Waals surface area contributed by atoms with E-state index >= 15 is 0 Å². The van der Waals surface area contributed by atoms with Crippen molar-refractivity contribution in [3.63, 3.8) is 0 Å². The number of hydrogen-bond acceptors (Lipinski definition) is 3. The van der Waals surface area contributed by atoms with Crippen LogP contribution in [-0.4, -0.2) is 58.2 Å². The maximum Gasteiger partial charge on any atom is 0.213 e. The van der Waals surface area contributed by atoms with Gasteiger partial charge in [0.15, 0.2) is 5.96 Å². The first-order valence-corrected chi connectivity index (χ1v) is 11.4. The van der Waals surface area contributed by atoms with Gasteiger partial charge in [-0.2, -0.15) is 0 Å². The maximum absolute atomic E-state index is 11.7. The highest BCUT2D eigenvalue weighted by Gasteiger charge is 2.44. The molecule has 0 aromatic heterocycles.